The Balaban J connectivity index is 3.38. The maximum Gasteiger partial charge on any atom is 0.403 e. The molecule has 0 saturated heterocycles. The van der Waals surface area contributed by atoms with E-state index in [1.54, 1.807) is 0 Å². The summed E-state index contributed by atoms with van der Waals surface area (Å²) in [5.41, 5.74) is -0.781. The van der Waals surface area contributed by atoms with E-state index in [2.05, 4.69) is 11.3 Å². The lowest BCUT2D eigenvalue weighted by Gasteiger charge is -1.99. The number of hydrogen-bond donors (Lipinski definition) is 1. The Morgan fingerprint density at radius 2 is 2.08 bits per heavy atom. The number of carboxylic acids is 1. The lowest BCUT2D eigenvalue weighted by atomic mass is 10.2. The molecule has 4 nitrogen and oxygen atoms in total. The molecule has 0 aromatic carbocycles. The number of aliphatic carboxylic acids is 1. The highest BCUT2D eigenvalue weighted by molar-refractivity contribution is 6.61. The van der Waals surface area contributed by atoms with Crippen molar-refractivity contribution < 1.29 is 19.4 Å². The zero-order valence-electron chi connectivity index (χ0n) is 6.38. The molecule has 0 bridgehead atoms. The predicted octanol–water partition coefficient (Wildman–Crippen LogP) is 1.78. The average Bonchev–Trinajstić information content (AvgIpc) is 1.97. The maximum atomic E-state index is 10.2. The molecule has 5 heteroatoms. The van der Waals surface area contributed by atoms with Gasteiger partial charge in [-0.2, -0.15) is 0 Å². The van der Waals surface area contributed by atoms with Gasteiger partial charge in [-0.05, 0) is 12.8 Å². The topological polar surface area (TPSA) is 63.6 Å². The van der Waals surface area contributed by atoms with Crippen molar-refractivity contribution in [2.75, 3.05) is 6.61 Å². The van der Waals surface area contributed by atoms with Crippen molar-refractivity contribution in [2.45, 2.75) is 12.8 Å². The number of rotatable bonds is 5. The van der Waals surface area contributed by atoms with Gasteiger partial charge in [-0.25, -0.2) is 9.59 Å². The lowest BCUT2D eigenvalue weighted by molar-refractivity contribution is -0.132. The van der Waals surface area contributed by atoms with E-state index in [0.29, 0.717) is 12.8 Å². The van der Waals surface area contributed by atoms with E-state index in [1.807, 2.05) is 0 Å². The zero-order chi connectivity index (χ0) is 9.56. The minimum absolute atomic E-state index is 0.0978. The van der Waals surface area contributed by atoms with Crippen LogP contribution in [0.2, 0.25) is 0 Å². The number of carbonyl (C=O) groups excluding carboxylic acids is 1. The van der Waals surface area contributed by atoms with Crippen molar-refractivity contribution in [3.05, 3.63) is 12.2 Å². The average molecular weight is 193 g/mol. The molecule has 0 fully saturated rings. The summed E-state index contributed by atoms with van der Waals surface area (Å²) in [6.45, 7) is 3.42. The first kappa shape index (κ1) is 11.0. The van der Waals surface area contributed by atoms with Crippen molar-refractivity contribution in [3.63, 3.8) is 0 Å². The molecule has 0 spiro atoms. The predicted molar refractivity (Wildman–Crippen MR) is 43.2 cm³/mol. The molecule has 0 amide bonds. The fraction of sp³-hybridized carbons (Fsp3) is 0.429. The van der Waals surface area contributed by atoms with Crippen LogP contribution in [0.25, 0.3) is 0 Å². The van der Waals surface area contributed by atoms with Gasteiger partial charge in [0.05, 0.1) is 6.61 Å². The minimum atomic E-state index is -1.03. The number of carboxylic acid groups (broad SMARTS) is 1. The molecule has 0 aromatic heterocycles. The molecule has 0 aliphatic rings. The van der Waals surface area contributed by atoms with E-state index in [4.69, 9.17) is 16.7 Å². The van der Waals surface area contributed by atoms with Gasteiger partial charge in [0.25, 0.3) is 0 Å². The van der Waals surface area contributed by atoms with Crippen LogP contribution in [-0.2, 0) is 9.53 Å². The second kappa shape index (κ2) is 5.60. The van der Waals surface area contributed by atoms with E-state index in [0.717, 1.165) is 0 Å². The zero-order valence-corrected chi connectivity index (χ0v) is 7.13. The Kier molecular flexibility index (Phi) is 5.12. The van der Waals surface area contributed by atoms with Gasteiger partial charge >= 0.3 is 11.4 Å². The lowest BCUT2D eigenvalue weighted by Crippen LogP contribution is -2.02. The first-order chi connectivity index (χ1) is 5.54. The largest absolute Gasteiger partial charge is 0.478 e. The fourth-order valence-corrected chi connectivity index (χ4v) is 0.622. The second-order valence-corrected chi connectivity index (χ2v) is 2.41. The molecule has 0 rings (SSSR count). The van der Waals surface area contributed by atoms with Crippen molar-refractivity contribution in [2.24, 2.45) is 0 Å². The van der Waals surface area contributed by atoms with E-state index in [1.165, 1.54) is 0 Å². The third-order valence-corrected chi connectivity index (χ3v) is 1.25. The normalized spacial score (nSPS) is 9.08. The van der Waals surface area contributed by atoms with Crippen LogP contribution < -0.4 is 0 Å². The summed E-state index contributed by atoms with van der Waals surface area (Å²) in [5.74, 6) is -1.03. The summed E-state index contributed by atoms with van der Waals surface area (Å²) in [5, 5.41) is 8.36. The molecule has 0 aromatic rings. The van der Waals surface area contributed by atoms with Crippen molar-refractivity contribution in [3.8, 4) is 0 Å². The van der Waals surface area contributed by atoms with Crippen molar-refractivity contribution in [1.82, 2.24) is 0 Å². The highest BCUT2D eigenvalue weighted by Gasteiger charge is 2.03. The van der Waals surface area contributed by atoms with Crippen LogP contribution >= 0.6 is 11.6 Å². The number of carbonyl (C=O) groups is 2. The van der Waals surface area contributed by atoms with Crippen molar-refractivity contribution in [1.29, 1.82) is 0 Å². The molecule has 0 aliphatic carbocycles. The van der Waals surface area contributed by atoms with E-state index < -0.39 is 11.4 Å². The molecule has 0 unspecified atom stereocenters. The fourth-order valence-electron chi connectivity index (χ4n) is 0.545. The van der Waals surface area contributed by atoms with Gasteiger partial charge in [0.1, 0.15) is 0 Å². The Hall–Kier alpha value is -1.03. The number of halogens is 1. The van der Waals surface area contributed by atoms with E-state index in [-0.39, 0.29) is 12.2 Å². The summed E-state index contributed by atoms with van der Waals surface area (Å²) in [4.78, 5) is 20.2. The van der Waals surface area contributed by atoms with E-state index >= 15 is 0 Å². The van der Waals surface area contributed by atoms with Gasteiger partial charge in [0.15, 0.2) is 0 Å². The highest BCUT2D eigenvalue weighted by atomic mass is 35.5. The maximum absolute atomic E-state index is 10.2. The molecular weight excluding hydrogens is 184 g/mol. The van der Waals surface area contributed by atoms with Gasteiger partial charge in [-0.15, -0.1) is 0 Å². The Morgan fingerprint density at radius 3 is 2.50 bits per heavy atom. The standard InChI is InChI=1S/C7H9ClO4/c1-5(6(9)10)3-2-4-12-7(8)11/h1-4H2,(H,9,10). The quantitative estimate of drug-likeness (QED) is 0.410. The molecule has 0 aliphatic heterocycles. The molecule has 0 heterocycles. The smallest absolute Gasteiger partial charge is 0.403 e. The third-order valence-electron chi connectivity index (χ3n) is 1.14. The molecule has 0 radical (unpaired) electrons. The first-order valence-electron chi connectivity index (χ1n) is 3.27. The summed E-state index contributed by atoms with van der Waals surface area (Å²) in [6, 6.07) is 0. The first-order valence-corrected chi connectivity index (χ1v) is 3.65. The van der Waals surface area contributed by atoms with Crippen LogP contribution in [0.3, 0.4) is 0 Å². The summed E-state index contributed by atoms with van der Waals surface area (Å²) < 4.78 is 4.36. The SMILES string of the molecule is C=C(CCCOC(=O)Cl)C(=O)O. The molecule has 12 heavy (non-hydrogen) atoms. The molecule has 68 valence electrons. The van der Waals surface area contributed by atoms with Crippen LogP contribution in [0.1, 0.15) is 12.8 Å². The van der Waals surface area contributed by atoms with Gasteiger partial charge in [-0.3, -0.25) is 0 Å². The monoisotopic (exact) mass is 192 g/mol. The van der Waals surface area contributed by atoms with Crippen molar-refractivity contribution >= 4 is 23.0 Å². The van der Waals surface area contributed by atoms with Crippen LogP contribution in [0.15, 0.2) is 12.2 Å². The van der Waals surface area contributed by atoms with E-state index in [9.17, 15) is 9.59 Å². The minimum Gasteiger partial charge on any atom is -0.478 e. The highest BCUT2D eigenvalue weighted by Crippen LogP contribution is 2.02. The Bertz CT molecular complexity index is 200. The molecular formula is C7H9ClO4. The Morgan fingerprint density at radius 1 is 1.50 bits per heavy atom. The number of hydrogen-bond acceptors (Lipinski definition) is 3. The summed E-state index contributed by atoms with van der Waals surface area (Å²) >= 11 is 4.86. The van der Waals surface area contributed by atoms with Gasteiger partial charge in [0, 0.05) is 17.2 Å². The third kappa shape index (κ3) is 5.73. The molecule has 0 atom stereocenters. The Labute approximate surface area is 74.8 Å². The van der Waals surface area contributed by atoms with Gasteiger partial charge in [0.2, 0.25) is 0 Å². The van der Waals surface area contributed by atoms with Gasteiger partial charge < -0.3 is 9.84 Å². The van der Waals surface area contributed by atoms with Crippen LogP contribution in [0.5, 0.6) is 0 Å². The van der Waals surface area contributed by atoms with Gasteiger partial charge in [-0.1, -0.05) is 6.58 Å². The van der Waals surface area contributed by atoms with Crippen LogP contribution in [0, 0.1) is 0 Å². The molecule has 1 N–H and O–H groups in total. The second-order valence-electron chi connectivity index (χ2n) is 2.10. The van der Waals surface area contributed by atoms with Crippen LogP contribution in [-0.4, -0.2) is 23.1 Å². The van der Waals surface area contributed by atoms with Crippen LogP contribution in [0.4, 0.5) is 4.79 Å². The summed E-state index contributed by atoms with van der Waals surface area (Å²) in [6.07, 6.45) is 0.711. The summed E-state index contributed by atoms with van der Waals surface area (Å²) in [7, 11) is 0. The number of ether oxygens (including phenoxy) is 1. The molecule has 0 saturated carbocycles.